The van der Waals surface area contributed by atoms with Crippen LogP contribution in [0.1, 0.15) is 18.9 Å². The first-order valence-electron chi connectivity index (χ1n) is 5.11. The van der Waals surface area contributed by atoms with Crippen LogP contribution >= 0.6 is 0 Å². The highest BCUT2D eigenvalue weighted by Crippen LogP contribution is 2.35. The largest absolute Gasteiger partial charge is 0.454 e. The monoisotopic (exact) mass is 223 g/mol. The fourth-order valence-corrected chi connectivity index (χ4v) is 1.40. The summed E-state index contributed by atoms with van der Waals surface area (Å²) in [5.74, 6) is 1.15. The topological polar surface area (TPSA) is 56.8 Å². The van der Waals surface area contributed by atoms with Crippen molar-refractivity contribution in [3.8, 4) is 11.5 Å². The van der Waals surface area contributed by atoms with Gasteiger partial charge in [-0.1, -0.05) is 19.1 Å². The first kappa shape index (κ1) is 10.8. The lowest BCUT2D eigenvalue weighted by Gasteiger charge is -2.07. The minimum Gasteiger partial charge on any atom is -0.454 e. The van der Waals surface area contributed by atoms with Gasteiger partial charge < -0.3 is 14.3 Å². The van der Waals surface area contributed by atoms with Crippen molar-refractivity contribution >= 4 is 5.97 Å². The second-order valence-corrected chi connectivity index (χ2v) is 3.30. The molecule has 0 fully saturated rings. The molecule has 0 radical (unpaired) electrons. The zero-order valence-corrected chi connectivity index (χ0v) is 8.99. The predicted molar refractivity (Wildman–Crippen MR) is 55.8 cm³/mol. The van der Waals surface area contributed by atoms with Crippen molar-refractivity contribution < 1.29 is 19.1 Å². The van der Waals surface area contributed by atoms with Crippen molar-refractivity contribution in [2.24, 2.45) is 0 Å². The average Bonchev–Trinajstić information content (AvgIpc) is 2.77. The molecule has 0 saturated heterocycles. The molecule has 1 aliphatic heterocycles. The van der Waals surface area contributed by atoms with E-state index >= 15 is 0 Å². The van der Waals surface area contributed by atoms with Gasteiger partial charge in [-0.15, -0.1) is 5.48 Å². The van der Waals surface area contributed by atoms with Crippen LogP contribution in [0.3, 0.4) is 0 Å². The van der Waals surface area contributed by atoms with E-state index in [0.29, 0.717) is 18.7 Å². The molecular formula is C11H13NO4. The van der Waals surface area contributed by atoms with E-state index in [2.05, 4.69) is 5.48 Å². The van der Waals surface area contributed by atoms with Crippen LogP contribution in [0, 0.1) is 0 Å². The van der Waals surface area contributed by atoms with E-state index in [1.165, 1.54) is 0 Å². The molecule has 0 aromatic heterocycles. The summed E-state index contributed by atoms with van der Waals surface area (Å²) >= 11 is 0. The van der Waals surface area contributed by atoms with E-state index in [0.717, 1.165) is 11.3 Å². The summed E-state index contributed by atoms with van der Waals surface area (Å²) in [6.07, 6.45) is 0.347. The standard InChI is InChI=1S/C11H13NO4/c1-2-10(13)16-12-6-8-4-3-5-9-11(8)15-7-14-9/h3-5,12H,2,6-7H2,1H3. The number of hydroxylamine groups is 1. The summed E-state index contributed by atoms with van der Waals surface area (Å²) in [5.41, 5.74) is 3.50. The zero-order chi connectivity index (χ0) is 11.4. The van der Waals surface area contributed by atoms with Gasteiger partial charge in [0.05, 0.1) is 6.54 Å². The number of benzene rings is 1. The molecule has 1 N–H and O–H groups in total. The highest BCUT2D eigenvalue weighted by Gasteiger charge is 2.16. The van der Waals surface area contributed by atoms with Gasteiger partial charge >= 0.3 is 5.97 Å². The van der Waals surface area contributed by atoms with Crippen LogP contribution in [0.5, 0.6) is 11.5 Å². The summed E-state index contributed by atoms with van der Waals surface area (Å²) in [4.78, 5) is 15.7. The molecule has 1 aromatic rings. The van der Waals surface area contributed by atoms with E-state index in [9.17, 15) is 4.79 Å². The SMILES string of the molecule is CCC(=O)ONCc1cccc2c1OCO2. The number of carbonyl (C=O) groups excluding carboxylic acids is 1. The summed E-state index contributed by atoms with van der Waals surface area (Å²) in [6.45, 7) is 2.38. The number of nitrogens with one attached hydrogen (secondary N) is 1. The van der Waals surface area contributed by atoms with E-state index in [1.54, 1.807) is 6.92 Å². The molecule has 0 spiro atoms. The Hall–Kier alpha value is -1.75. The van der Waals surface area contributed by atoms with Gasteiger partial charge in [0.1, 0.15) is 0 Å². The first-order chi connectivity index (χ1) is 7.81. The van der Waals surface area contributed by atoms with Crippen LogP contribution in [0.4, 0.5) is 0 Å². The minimum atomic E-state index is -0.287. The minimum absolute atomic E-state index is 0.237. The number of carbonyl (C=O) groups is 1. The molecule has 1 heterocycles. The molecule has 1 aromatic carbocycles. The molecule has 86 valence electrons. The molecule has 0 atom stereocenters. The van der Waals surface area contributed by atoms with E-state index in [1.807, 2.05) is 18.2 Å². The summed E-state index contributed by atoms with van der Waals surface area (Å²) in [5, 5.41) is 0. The van der Waals surface area contributed by atoms with Gasteiger partial charge in [0.15, 0.2) is 11.5 Å². The van der Waals surface area contributed by atoms with Crippen molar-refractivity contribution in [1.29, 1.82) is 0 Å². The maximum atomic E-state index is 10.9. The molecule has 2 rings (SSSR count). The molecule has 16 heavy (non-hydrogen) atoms. The highest BCUT2D eigenvalue weighted by atomic mass is 16.7. The summed E-state index contributed by atoms with van der Waals surface area (Å²) in [6, 6.07) is 5.59. The van der Waals surface area contributed by atoms with Gasteiger partial charge in [0, 0.05) is 12.0 Å². The quantitative estimate of drug-likeness (QED) is 0.781. The van der Waals surface area contributed by atoms with Crippen LogP contribution in [0.15, 0.2) is 18.2 Å². The molecule has 0 unspecified atom stereocenters. The van der Waals surface area contributed by atoms with Gasteiger partial charge in [-0.25, -0.2) is 0 Å². The fourth-order valence-electron chi connectivity index (χ4n) is 1.40. The van der Waals surface area contributed by atoms with Crippen molar-refractivity contribution in [3.05, 3.63) is 23.8 Å². The predicted octanol–water partition coefficient (Wildman–Crippen LogP) is 1.37. The highest BCUT2D eigenvalue weighted by molar-refractivity contribution is 5.68. The Balaban J connectivity index is 1.95. The Labute approximate surface area is 93.3 Å². The molecular weight excluding hydrogens is 210 g/mol. The van der Waals surface area contributed by atoms with Crippen molar-refractivity contribution in [1.82, 2.24) is 5.48 Å². The van der Waals surface area contributed by atoms with Crippen LogP contribution in [0.2, 0.25) is 0 Å². The van der Waals surface area contributed by atoms with Crippen LogP contribution in [0.25, 0.3) is 0 Å². The molecule has 0 bridgehead atoms. The second-order valence-electron chi connectivity index (χ2n) is 3.30. The Morgan fingerprint density at radius 1 is 1.50 bits per heavy atom. The fraction of sp³-hybridized carbons (Fsp3) is 0.364. The maximum Gasteiger partial charge on any atom is 0.324 e. The third kappa shape index (κ3) is 2.25. The Bertz CT molecular complexity index is 392. The smallest absolute Gasteiger partial charge is 0.324 e. The molecule has 5 nitrogen and oxygen atoms in total. The third-order valence-electron chi connectivity index (χ3n) is 2.22. The van der Waals surface area contributed by atoms with Crippen LogP contribution < -0.4 is 15.0 Å². The summed E-state index contributed by atoms with van der Waals surface area (Å²) < 4.78 is 10.5. The van der Waals surface area contributed by atoms with Gasteiger partial charge in [-0.05, 0) is 6.07 Å². The second kappa shape index (κ2) is 4.85. The lowest BCUT2D eigenvalue weighted by molar-refractivity contribution is -0.151. The third-order valence-corrected chi connectivity index (χ3v) is 2.22. The Kier molecular flexibility index (Phi) is 3.26. The van der Waals surface area contributed by atoms with Gasteiger partial charge in [-0.2, -0.15) is 0 Å². The average molecular weight is 223 g/mol. The van der Waals surface area contributed by atoms with Crippen molar-refractivity contribution in [2.75, 3.05) is 6.79 Å². The number of rotatable bonds is 4. The van der Waals surface area contributed by atoms with E-state index in [-0.39, 0.29) is 12.8 Å². The number of hydrogen-bond donors (Lipinski definition) is 1. The summed E-state index contributed by atoms with van der Waals surface area (Å²) in [7, 11) is 0. The first-order valence-corrected chi connectivity index (χ1v) is 5.11. The van der Waals surface area contributed by atoms with Gasteiger partial charge in [0.25, 0.3) is 0 Å². The van der Waals surface area contributed by atoms with Crippen LogP contribution in [-0.4, -0.2) is 12.8 Å². The number of hydrogen-bond acceptors (Lipinski definition) is 5. The van der Waals surface area contributed by atoms with Crippen LogP contribution in [-0.2, 0) is 16.2 Å². The van der Waals surface area contributed by atoms with Crippen molar-refractivity contribution in [2.45, 2.75) is 19.9 Å². The number of fused-ring (bicyclic) bond motifs is 1. The van der Waals surface area contributed by atoms with Gasteiger partial charge in [0.2, 0.25) is 6.79 Å². The normalized spacial score (nSPS) is 12.6. The molecule has 1 aliphatic rings. The van der Waals surface area contributed by atoms with E-state index < -0.39 is 0 Å². The molecule has 0 amide bonds. The number of ether oxygens (including phenoxy) is 2. The van der Waals surface area contributed by atoms with Gasteiger partial charge in [-0.3, -0.25) is 4.79 Å². The lowest BCUT2D eigenvalue weighted by atomic mass is 10.2. The van der Waals surface area contributed by atoms with E-state index in [4.69, 9.17) is 14.3 Å². The van der Waals surface area contributed by atoms with Crippen molar-refractivity contribution in [3.63, 3.8) is 0 Å². The Morgan fingerprint density at radius 2 is 2.38 bits per heavy atom. The molecule has 0 aliphatic carbocycles. The Morgan fingerprint density at radius 3 is 3.19 bits per heavy atom. The lowest BCUT2D eigenvalue weighted by Crippen LogP contribution is -2.18. The molecule has 5 heteroatoms. The zero-order valence-electron chi connectivity index (χ0n) is 8.99. The molecule has 0 saturated carbocycles. The number of para-hydroxylation sites is 1. The maximum absolute atomic E-state index is 10.9.